The largest absolute Gasteiger partial charge is 0.483 e. The molecule has 11 heteroatoms. The van der Waals surface area contributed by atoms with Gasteiger partial charge in [0.1, 0.15) is 18.5 Å². The lowest BCUT2D eigenvalue weighted by molar-refractivity contribution is -0.123. The summed E-state index contributed by atoms with van der Waals surface area (Å²) in [6, 6.07) is 19.4. The molecular formula is C36H37N7O4. The van der Waals surface area contributed by atoms with Gasteiger partial charge in [0.15, 0.2) is 17.3 Å². The number of allylic oxidation sites excluding steroid dienone is 1. The maximum absolute atomic E-state index is 13.9. The molecule has 3 aromatic rings. The maximum Gasteiger partial charge on any atom is 0.274 e. The highest BCUT2D eigenvalue weighted by Crippen LogP contribution is 2.26. The molecule has 0 saturated carbocycles. The number of rotatable bonds is 11. The van der Waals surface area contributed by atoms with E-state index >= 15 is 0 Å². The number of hydrogen-bond acceptors (Lipinski definition) is 8. The van der Waals surface area contributed by atoms with Crippen LogP contribution in [0.1, 0.15) is 47.2 Å². The number of carbonyl (C=O) groups is 2. The van der Waals surface area contributed by atoms with Crippen LogP contribution in [-0.4, -0.2) is 44.6 Å². The quantitative estimate of drug-likeness (QED) is 0.294. The van der Waals surface area contributed by atoms with Gasteiger partial charge in [0.25, 0.3) is 5.91 Å². The van der Waals surface area contributed by atoms with Gasteiger partial charge >= 0.3 is 0 Å². The van der Waals surface area contributed by atoms with E-state index in [9.17, 15) is 14.4 Å². The monoisotopic (exact) mass is 631 g/mol. The highest BCUT2D eigenvalue weighted by Gasteiger charge is 2.33. The molecule has 240 valence electrons. The number of hydrazone groups is 1. The van der Waals surface area contributed by atoms with Crippen LogP contribution in [0.15, 0.2) is 125 Å². The minimum absolute atomic E-state index is 0.0114. The molecule has 2 aromatic carbocycles. The molecule has 0 aliphatic carbocycles. The Morgan fingerprint density at radius 3 is 2.49 bits per heavy atom. The summed E-state index contributed by atoms with van der Waals surface area (Å²) in [7, 11) is 0. The summed E-state index contributed by atoms with van der Waals surface area (Å²) in [5.74, 6) is 0.713. The first kappa shape index (κ1) is 31.2. The van der Waals surface area contributed by atoms with Crippen molar-refractivity contribution in [2.75, 3.05) is 6.54 Å². The summed E-state index contributed by atoms with van der Waals surface area (Å²) in [5, 5.41) is 10.5. The average molecular weight is 632 g/mol. The van der Waals surface area contributed by atoms with Gasteiger partial charge in [-0.3, -0.25) is 24.7 Å². The van der Waals surface area contributed by atoms with E-state index in [1.165, 1.54) is 6.07 Å². The maximum atomic E-state index is 13.9. The fourth-order valence-corrected chi connectivity index (χ4v) is 5.74. The molecule has 0 bridgehead atoms. The number of nitrogens with one attached hydrogen (secondary N) is 3. The van der Waals surface area contributed by atoms with Crippen molar-refractivity contribution in [2.45, 2.75) is 45.6 Å². The van der Waals surface area contributed by atoms with Crippen LogP contribution < -0.4 is 26.2 Å². The zero-order valence-corrected chi connectivity index (χ0v) is 26.4. The minimum atomic E-state index is -0.799. The molecule has 4 heterocycles. The smallest absolute Gasteiger partial charge is 0.274 e. The van der Waals surface area contributed by atoms with E-state index in [0.29, 0.717) is 36.1 Å². The summed E-state index contributed by atoms with van der Waals surface area (Å²) in [5.41, 5.74) is 6.02. The molecule has 0 fully saturated rings. The summed E-state index contributed by atoms with van der Waals surface area (Å²) in [6.45, 7) is 13.1. The van der Waals surface area contributed by atoms with Gasteiger partial charge in [0, 0.05) is 48.4 Å². The summed E-state index contributed by atoms with van der Waals surface area (Å²) >= 11 is 0. The van der Waals surface area contributed by atoms with Crippen molar-refractivity contribution in [1.82, 2.24) is 30.4 Å². The third kappa shape index (κ3) is 6.46. The molecule has 6 rings (SSSR count). The van der Waals surface area contributed by atoms with Gasteiger partial charge < -0.3 is 24.8 Å². The third-order valence-corrected chi connectivity index (χ3v) is 8.25. The molecule has 0 unspecified atom stereocenters. The van der Waals surface area contributed by atoms with Gasteiger partial charge in [-0.1, -0.05) is 73.8 Å². The summed E-state index contributed by atoms with van der Waals surface area (Å²) in [6.07, 6.45) is 5.54. The second kappa shape index (κ2) is 13.3. The van der Waals surface area contributed by atoms with E-state index in [1.54, 1.807) is 14.4 Å². The Balaban J connectivity index is 1.25. The van der Waals surface area contributed by atoms with Crippen LogP contribution in [0, 0.1) is 0 Å². The molecule has 3 aliphatic rings. The van der Waals surface area contributed by atoms with E-state index in [1.807, 2.05) is 92.9 Å². The van der Waals surface area contributed by atoms with Crippen LogP contribution in [0.25, 0.3) is 0 Å². The predicted octanol–water partition coefficient (Wildman–Crippen LogP) is 3.90. The molecule has 47 heavy (non-hydrogen) atoms. The van der Waals surface area contributed by atoms with Gasteiger partial charge in [0.05, 0.1) is 6.54 Å². The highest BCUT2D eigenvalue weighted by atomic mass is 16.5. The lowest BCUT2D eigenvalue weighted by Gasteiger charge is -2.35. The van der Waals surface area contributed by atoms with Gasteiger partial charge in [-0.05, 0) is 37.1 Å². The molecule has 0 radical (unpaired) electrons. The third-order valence-electron chi connectivity index (χ3n) is 8.25. The van der Waals surface area contributed by atoms with Crippen molar-refractivity contribution in [3.63, 3.8) is 0 Å². The van der Waals surface area contributed by atoms with Gasteiger partial charge in [0.2, 0.25) is 11.3 Å². The fourth-order valence-electron chi connectivity index (χ4n) is 5.74. The van der Waals surface area contributed by atoms with E-state index < -0.39 is 11.5 Å². The zero-order chi connectivity index (χ0) is 33.1. The fraction of sp³-hybridized carbons (Fsp3) is 0.222. The molecule has 0 saturated heterocycles. The highest BCUT2D eigenvalue weighted by molar-refractivity contribution is 5.98. The van der Waals surface area contributed by atoms with E-state index in [-0.39, 0.29) is 42.5 Å². The minimum Gasteiger partial charge on any atom is -0.483 e. The zero-order valence-electron chi connectivity index (χ0n) is 26.4. The van der Waals surface area contributed by atoms with Crippen LogP contribution >= 0.6 is 0 Å². The molecule has 1 atom stereocenters. The standard InChI is InChI=1S/C36H37N7O4/c1-23(2)41-17-18-42-29(19-30(44)34(33(42)36(41)46)47-22-26-11-7-5-8-12-26)20-37-35(45)32(27-13-9-6-10-14-27)38-24(3)28-15-16-31-40-39-25(4)43(31)21-28/h5-16,19,21,23,32,38-39H,3-4,17-18,20,22H2,1-2H3,(H,37,45)/t32-/m1/s1. The normalized spacial score (nSPS) is 15.7. The van der Waals surface area contributed by atoms with Crippen molar-refractivity contribution in [1.29, 1.82) is 0 Å². The Labute approximate surface area is 273 Å². The Bertz CT molecular complexity index is 1880. The number of nitrogens with zero attached hydrogens (tertiary/aromatic N) is 4. The Morgan fingerprint density at radius 2 is 1.77 bits per heavy atom. The first-order valence-corrected chi connectivity index (χ1v) is 15.5. The average Bonchev–Trinajstić information content (AvgIpc) is 3.46. The second-order valence-corrected chi connectivity index (χ2v) is 11.7. The van der Waals surface area contributed by atoms with Crippen molar-refractivity contribution in [3.05, 3.63) is 148 Å². The van der Waals surface area contributed by atoms with Crippen LogP contribution in [-0.2, 0) is 24.5 Å². The number of fused-ring (bicyclic) bond motifs is 2. The summed E-state index contributed by atoms with van der Waals surface area (Å²) < 4.78 is 7.80. The molecule has 1 aromatic heterocycles. The molecule has 11 nitrogen and oxygen atoms in total. The lowest BCUT2D eigenvalue weighted by Crippen LogP contribution is -2.46. The topological polar surface area (TPSA) is 120 Å². The lowest BCUT2D eigenvalue weighted by atomic mass is 10.0. The summed E-state index contributed by atoms with van der Waals surface area (Å²) in [4.78, 5) is 44.6. The number of aromatic nitrogens is 1. The van der Waals surface area contributed by atoms with Crippen LogP contribution in [0.2, 0.25) is 0 Å². The molecule has 3 N–H and O–H groups in total. The van der Waals surface area contributed by atoms with E-state index in [4.69, 9.17) is 4.74 Å². The molecule has 3 aliphatic heterocycles. The second-order valence-electron chi connectivity index (χ2n) is 11.7. The number of amides is 2. The van der Waals surface area contributed by atoms with Gasteiger partial charge in [-0.25, -0.2) is 0 Å². The van der Waals surface area contributed by atoms with E-state index in [0.717, 1.165) is 16.7 Å². The van der Waals surface area contributed by atoms with Crippen molar-refractivity contribution in [3.8, 4) is 5.75 Å². The van der Waals surface area contributed by atoms with Gasteiger partial charge in [-0.2, -0.15) is 5.10 Å². The Kier molecular flexibility index (Phi) is 8.79. The number of hydrogen-bond donors (Lipinski definition) is 3. The number of amidine groups is 1. The number of ether oxygens (including phenoxy) is 1. The molecule has 0 spiro atoms. The van der Waals surface area contributed by atoms with Crippen molar-refractivity contribution in [2.24, 2.45) is 5.10 Å². The van der Waals surface area contributed by atoms with Crippen LogP contribution in [0.4, 0.5) is 0 Å². The van der Waals surface area contributed by atoms with Crippen molar-refractivity contribution >= 4 is 17.6 Å². The van der Waals surface area contributed by atoms with Gasteiger partial charge in [-0.15, -0.1) is 0 Å². The van der Waals surface area contributed by atoms with Crippen LogP contribution in [0.3, 0.4) is 0 Å². The first-order valence-electron chi connectivity index (χ1n) is 15.5. The predicted molar refractivity (Wildman–Crippen MR) is 180 cm³/mol. The van der Waals surface area contributed by atoms with Crippen molar-refractivity contribution < 1.29 is 14.3 Å². The number of pyridine rings is 1. The Hall–Kier alpha value is -5.84. The number of carbonyl (C=O) groups excluding carboxylic acids is 2. The Morgan fingerprint density at radius 1 is 1.04 bits per heavy atom. The van der Waals surface area contributed by atoms with Crippen LogP contribution in [0.5, 0.6) is 5.75 Å². The first-order chi connectivity index (χ1) is 22.7. The van der Waals surface area contributed by atoms with E-state index in [2.05, 4.69) is 34.3 Å². The number of benzene rings is 2. The SMILES string of the molecule is C=C(N[C@@H](C(=O)NCc1cc(=O)c(OCc2ccccc2)c2n1CCN(C(C)C)C2=O)c1ccccc1)C1=CN2C(=C)NN=C2C=C1. The molecule has 2 amide bonds. The molecular weight excluding hydrogens is 594 g/mol.